The Morgan fingerprint density at radius 1 is 1.12 bits per heavy atom. The van der Waals surface area contributed by atoms with E-state index in [0.29, 0.717) is 61.7 Å². The molecule has 1 N–H and O–H groups in total. The van der Waals surface area contributed by atoms with Gasteiger partial charge in [-0.1, -0.05) is 65.3 Å². The summed E-state index contributed by atoms with van der Waals surface area (Å²) in [6.45, 7) is 6.12. The number of Topliss-reactive ketones (excluding diaryl/α,β-unsaturated/α-hetero) is 1. The highest BCUT2D eigenvalue weighted by Crippen LogP contribution is 2.43. The number of nitrogens with one attached hydrogen (secondary N) is 1. The van der Waals surface area contributed by atoms with E-state index in [-0.39, 0.29) is 5.78 Å². The lowest BCUT2D eigenvalue weighted by atomic mass is 9.93. The molecule has 212 valence electrons. The molecule has 7 nitrogen and oxygen atoms in total. The maximum atomic E-state index is 12.9. The van der Waals surface area contributed by atoms with Gasteiger partial charge < -0.3 is 14.8 Å². The molecule has 41 heavy (non-hydrogen) atoms. The molecular formula is C30H27BrCl2N4O3S. The minimum Gasteiger partial charge on any atom is -0.490 e. The molecule has 0 saturated carbocycles. The number of anilines is 1. The van der Waals surface area contributed by atoms with Gasteiger partial charge >= 0.3 is 0 Å². The van der Waals surface area contributed by atoms with Crippen LogP contribution in [0.15, 0.2) is 81.6 Å². The van der Waals surface area contributed by atoms with Gasteiger partial charge in [0.05, 0.1) is 11.1 Å². The summed E-state index contributed by atoms with van der Waals surface area (Å²) >= 11 is 17.5. The molecule has 0 fully saturated rings. The lowest BCUT2D eigenvalue weighted by Crippen LogP contribution is -2.28. The molecule has 1 aliphatic rings. The van der Waals surface area contributed by atoms with Gasteiger partial charge in [0.1, 0.15) is 12.6 Å². The Bertz CT molecular complexity index is 1620. The first-order valence-corrected chi connectivity index (χ1v) is 15.4. The van der Waals surface area contributed by atoms with E-state index >= 15 is 0 Å². The number of allylic oxidation sites excluding steroid dienone is 2. The van der Waals surface area contributed by atoms with E-state index in [1.54, 1.807) is 11.6 Å². The molecule has 4 aromatic rings. The number of benzene rings is 3. The topological polar surface area (TPSA) is 78.3 Å². The van der Waals surface area contributed by atoms with Crippen molar-refractivity contribution in [2.24, 2.45) is 0 Å². The zero-order chi connectivity index (χ0) is 29.1. The van der Waals surface area contributed by atoms with Crippen molar-refractivity contribution in [1.29, 1.82) is 0 Å². The SMILES string of the molecule is CCOc1cc(C2C(C(C)=O)=C(C)Nc3nc(SCc4ccccc4Cl)nn32)cc(Br)c1OCc1ccc(Cl)cc1. The summed E-state index contributed by atoms with van der Waals surface area (Å²) in [6, 6.07) is 18.5. The Hall–Kier alpha value is -2.98. The number of ketones is 1. The van der Waals surface area contributed by atoms with Crippen molar-refractivity contribution in [3.8, 4) is 11.5 Å². The second-order valence-electron chi connectivity index (χ2n) is 9.34. The minimum absolute atomic E-state index is 0.0661. The maximum Gasteiger partial charge on any atom is 0.227 e. The van der Waals surface area contributed by atoms with Crippen molar-refractivity contribution in [3.05, 3.63) is 103 Å². The second-order valence-corrected chi connectivity index (χ2v) is 12.0. The maximum absolute atomic E-state index is 12.9. The van der Waals surface area contributed by atoms with Crippen LogP contribution in [-0.2, 0) is 17.2 Å². The number of halogens is 3. The Balaban J connectivity index is 1.50. The van der Waals surface area contributed by atoms with E-state index in [9.17, 15) is 4.79 Å². The van der Waals surface area contributed by atoms with E-state index in [4.69, 9.17) is 42.8 Å². The molecule has 0 spiro atoms. The molecular weight excluding hydrogens is 647 g/mol. The number of hydrogen-bond donors (Lipinski definition) is 1. The molecule has 0 radical (unpaired) electrons. The van der Waals surface area contributed by atoms with Crippen LogP contribution in [0.2, 0.25) is 10.0 Å². The van der Waals surface area contributed by atoms with E-state index < -0.39 is 6.04 Å². The fourth-order valence-electron chi connectivity index (χ4n) is 4.60. The summed E-state index contributed by atoms with van der Waals surface area (Å²) in [5, 5.41) is 10.0. The third-order valence-corrected chi connectivity index (χ3v) is 8.57. The van der Waals surface area contributed by atoms with Gasteiger partial charge in [-0.2, -0.15) is 4.98 Å². The Morgan fingerprint density at radius 3 is 2.59 bits per heavy atom. The third kappa shape index (κ3) is 6.59. The van der Waals surface area contributed by atoms with Crippen LogP contribution in [-0.4, -0.2) is 27.2 Å². The summed E-state index contributed by atoms with van der Waals surface area (Å²) in [6.07, 6.45) is 0. The van der Waals surface area contributed by atoms with Crippen molar-refractivity contribution in [2.45, 2.75) is 44.3 Å². The number of nitrogens with zero attached hydrogens (tertiary/aromatic N) is 3. The van der Waals surface area contributed by atoms with Crippen LogP contribution in [0.25, 0.3) is 0 Å². The largest absolute Gasteiger partial charge is 0.490 e. The highest BCUT2D eigenvalue weighted by Gasteiger charge is 2.34. The van der Waals surface area contributed by atoms with Crippen molar-refractivity contribution in [2.75, 3.05) is 11.9 Å². The molecule has 0 saturated heterocycles. The summed E-state index contributed by atoms with van der Waals surface area (Å²) in [7, 11) is 0. The van der Waals surface area contributed by atoms with E-state index in [0.717, 1.165) is 22.4 Å². The summed E-state index contributed by atoms with van der Waals surface area (Å²) in [5.41, 5.74) is 4.09. The van der Waals surface area contributed by atoms with Crippen molar-refractivity contribution in [1.82, 2.24) is 14.8 Å². The highest BCUT2D eigenvalue weighted by atomic mass is 79.9. The molecule has 1 atom stereocenters. The van der Waals surface area contributed by atoms with Crippen molar-refractivity contribution < 1.29 is 14.3 Å². The van der Waals surface area contributed by atoms with Crippen molar-refractivity contribution in [3.63, 3.8) is 0 Å². The van der Waals surface area contributed by atoms with E-state index in [2.05, 4.69) is 21.2 Å². The number of carbonyl (C=O) groups excluding carboxylic acids is 1. The molecule has 1 unspecified atom stereocenters. The van der Waals surface area contributed by atoms with Crippen molar-refractivity contribution >= 4 is 62.6 Å². The van der Waals surface area contributed by atoms with Crippen LogP contribution in [0.3, 0.4) is 0 Å². The number of fused-ring (bicyclic) bond motifs is 1. The normalized spacial score (nSPS) is 14.4. The number of aromatic nitrogens is 3. The molecule has 3 aromatic carbocycles. The van der Waals surface area contributed by atoms with Gasteiger partial charge in [-0.15, -0.1) is 5.10 Å². The van der Waals surface area contributed by atoms with Gasteiger partial charge in [-0.3, -0.25) is 4.79 Å². The van der Waals surface area contributed by atoms with Gasteiger partial charge in [0, 0.05) is 27.1 Å². The van der Waals surface area contributed by atoms with Gasteiger partial charge in [0.25, 0.3) is 0 Å². The zero-order valence-electron chi connectivity index (χ0n) is 22.6. The molecule has 0 amide bonds. The van der Waals surface area contributed by atoms with Gasteiger partial charge in [0.2, 0.25) is 11.1 Å². The summed E-state index contributed by atoms with van der Waals surface area (Å²) in [5.74, 6) is 2.22. The second kappa shape index (κ2) is 12.9. The lowest BCUT2D eigenvalue weighted by molar-refractivity contribution is -0.114. The molecule has 1 aliphatic heterocycles. The quantitative estimate of drug-likeness (QED) is 0.169. The van der Waals surface area contributed by atoms with Crippen LogP contribution in [0, 0.1) is 0 Å². The minimum atomic E-state index is -0.522. The number of hydrogen-bond acceptors (Lipinski definition) is 7. The fourth-order valence-corrected chi connectivity index (χ4v) is 6.41. The van der Waals surface area contributed by atoms with Gasteiger partial charge in [-0.25, -0.2) is 4.68 Å². The van der Waals surface area contributed by atoms with E-state index in [1.165, 1.54) is 11.8 Å². The first-order chi connectivity index (χ1) is 19.7. The average Bonchev–Trinajstić information content (AvgIpc) is 3.34. The van der Waals surface area contributed by atoms with Crippen LogP contribution in [0.4, 0.5) is 5.95 Å². The predicted octanol–water partition coefficient (Wildman–Crippen LogP) is 8.50. The number of thioether (sulfide) groups is 1. The number of ether oxygens (including phenoxy) is 2. The zero-order valence-corrected chi connectivity index (χ0v) is 26.5. The van der Waals surface area contributed by atoms with Crippen LogP contribution in [0.1, 0.15) is 43.5 Å². The van der Waals surface area contributed by atoms with Crippen LogP contribution in [0.5, 0.6) is 11.5 Å². The Morgan fingerprint density at radius 2 is 1.88 bits per heavy atom. The van der Waals surface area contributed by atoms with Gasteiger partial charge in [0.15, 0.2) is 17.3 Å². The van der Waals surface area contributed by atoms with Crippen LogP contribution >= 0.6 is 50.9 Å². The molecule has 1 aromatic heterocycles. The van der Waals surface area contributed by atoms with E-state index in [1.807, 2.05) is 74.5 Å². The molecule has 11 heteroatoms. The predicted molar refractivity (Wildman–Crippen MR) is 167 cm³/mol. The Labute approximate surface area is 261 Å². The smallest absolute Gasteiger partial charge is 0.227 e. The fraction of sp³-hybridized carbons (Fsp3) is 0.233. The summed E-state index contributed by atoms with van der Waals surface area (Å²) < 4.78 is 14.7. The summed E-state index contributed by atoms with van der Waals surface area (Å²) in [4.78, 5) is 17.7. The lowest BCUT2D eigenvalue weighted by Gasteiger charge is -2.28. The first kappa shape index (κ1) is 29.5. The molecule has 0 aliphatic carbocycles. The third-order valence-electron chi connectivity index (χ3n) is 6.47. The molecule has 0 bridgehead atoms. The Kier molecular flexibility index (Phi) is 9.28. The highest BCUT2D eigenvalue weighted by molar-refractivity contribution is 9.10. The van der Waals surface area contributed by atoms with Crippen LogP contribution < -0.4 is 14.8 Å². The van der Waals surface area contributed by atoms with Gasteiger partial charge in [-0.05, 0) is 83.7 Å². The number of carbonyl (C=O) groups is 1. The standard InChI is InChI=1S/C30H27BrCl2N4O3S/c1-4-39-25-14-21(13-23(31)28(25)40-15-19-9-11-22(32)12-10-19)27-26(18(3)38)17(2)34-29-35-30(36-37(27)29)41-16-20-7-5-6-8-24(20)33/h5-14,27H,4,15-16H2,1-3H3,(H,34,35,36). The monoisotopic (exact) mass is 672 g/mol. The average molecular weight is 674 g/mol. The molecule has 2 heterocycles. The number of rotatable bonds is 10. The molecule has 5 rings (SSSR count). The first-order valence-electron chi connectivity index (χ1n) is 12.9.